The number of anilines is 2. The third kappa shape index (κ3) is 13.4. The molecular weight excluding hydrogens is 828 g/mol. The van der Waals surface area contributed by atoms with Crippen LogP contribution in [0.2, 0.25) is 0 Å². The van der Waals surface area contributed by atoms with E-state index in [4.69, 9.17) is 20.9 Å². The molecule has 2 atom stereocenters. The highest BCUT2D eigenvalue weighted by Crippen LogP contribution is 2.27. The normalized spacial score (nSPS) is 13.9. The second-order valence-electron chi connectivity index (χ2n) is 16.0. The van der Waals surface area contributed by atoms with E-state index in [1.165, 1.54) is 17.2 Å². The molecule has 17 nitrogen and oxygen atoms in total. The summed E-state index contributed by atoms with van der Waals surface area (Å²) in [6, 6.07) is 17.3. The summed E-state index contributed by atoms with van der Waals surface area (Å²) in [5.41, 5.74) is 13.6. The fraction of sp³-hybridized carbons (Fsp3) is 0.391. The number of allylic oxidation sites excluding steroid dienone is 1. The van der Waals surface area contributed by atoms with E-state index >= 15 is 4.39 Å². The first kappa shape index (κ1) is 47.9. The van der Waals surface area contributed by atoms with Gasteiger partial charge in [0.15, 0.2) is 0 Å². The van der Waals surface area contributed by atoms with Gasteiger partial charge >= 0.3 is 24.1 Å². The highest BCUT2D eigenvalue weighted by Gasteiger charge is 2.26. The Balaban J connectivity index is 1.14. The molecule has 342 valence electrons. The maximum atomic E-state index is 15.4. The zero-order chi connectivity index (χ0) is 46.3. The average Bonchev–Trinajstić information content (AvgIpc) is 3.27. The van der Waals surface area contributed by atoms with E-state index in [0.29, 0.717) is 48.3 Å². The van der Waals surface area contributed by atoms with Gasteiger partial charge < -0.3 is 56.4 Å². The lowest BCUT2D eigenvalue weighted by Gasteiger charge is -2.35. The molecule has 1 saturated heterocycles. The Morgan fingerprint density at radius 3 is 2.23 bits per heavy atom. The summed E-state index contributed by atoms with van der Waals surface area (Å²) in [5.74, 6) is -2.94. The Morgan fingerprint density at radius 1 is 0.922 bits per heavy atom. The number of nitrogens with one attached hydrogen (secondary N) is 3. The minimum atomic E-state index is -1.38. The van der Waals surface area contributed by atoms with Gasteiger partial charge in [-0.25, -0.2) is 18.8 Å². The summed E-state index contributed by atoms with van der Waals surface area (Å²) in [4.78, 5) is 78.3. The van der Waals surface area contributed by atoms with Crippen LogP contribution in [0.25, 0.3) is 10.9 Å². The van der Waals surface area contributed by atoms with Crippen molar-refractivity contribution in [3.8, 4) is 0 Å². The molecule has 0 radical (unpaired) electrons. The smallest absolute Gasteiger partial charge is 0.410 e. The number of esters is 1. The first-order valence-corrected chi connectivity index (χ1v) is 21.2. The number of carboxylic acid groups (broad SMARTS) is 1. The lowest BCUT2D eigenvalue weighted by molar-refractivity contribution is -0.146. The number of carbonyl (C=O) groups is 5. The van der Waals surface area contributed by atoms with Crippen LogP contribution in [0.1, 0.15) is 67.9 Å². The first-order valence-electron chi connectivity index (χ1n) is 21.2. The van der Waals surface area contributed by atoms with Gasteiger partial charge in [-0.2, -0.15) is 0 Å². The number of urea groups is 1. The van der Waals surface area contributed by atoms with Gasteiger partial charge in [-0.15, -0.1) is 0 Å². The number of benzene rings is 3. The molecule has 2 heterocycles. The van der Waals surface area contributed by atoms with Crippen molar-refractivity contribution in [3.05, 3.63) is 118 Å². The number of hydrogen-bond acceptors (Lipinski definition) is 11. The lowest BCUT2D eigenvalue weighted by Crippen LogP contribution is -2.49. The Kier molecular flexibility index (Phi) is 17.1. The van der Waals surface area contributed by atoms with Crippen molar-refractivity contribution < 1.29 is 42.9 Å². The zero-order valence-corrected chi connectivity index (χ0v) is 36.3. The Hall–Kier alpha value is -7.11. The fourth-order valence-electron chi connectivity index (χ4n) is 7.36. The number of carbonyl (C=O) groups excluding carboxylic acids is 4. The van der Waals surface area contributed by atoms with Crippen LogP contribution in [0.5, 0.6) is 0 Å². The number of amides is 4. The van der Waals surface area contributed by atoms with Crippen LogP contribution < -0.4 is 37.7 Å². The maximum Gasteiger partial charge on any atom is 0.410 e. The number of fused-ring (bicyclic) bond motifs is 1. The second-order valence-corrected chi connectivity index (χ2v) is 16.0. The van der Waals surface area contributed by atoms with Crippen molar-refractivity contribution in [3.63, 3.8) is 0 Å². The number of aromatic carboxylic acids is 1. The molecule has 1 aliphatic rings. The van der Waals surface area contributed by atoms with Gasteiger partial charge in [0.2, 0.25) is 11.3 Å². The number of piperazine rings is 1. The van der Waals surface area contributed by atoms with Gasteiger partial charge in [0, 0.05) is 74.4 Å². The third-order valence-corrected chi connectivity index (χ3v) is 10.8. The quantitative estimate of drug-likeness (QED) is 0.0492. The molecule has 4 aromatic rings. The van der Waals surface area contributed by atoms with E-state index in [0.717, 1.165) is 11.6 Å². The Labute approximate surface area is 370 Å². The molecule has 0 spiro atoms. The molecule has 1 aliphatic heterocycles. The molecule has 5 rings (SSSR count). The van der Waals surface area contributed by atoms with E-state index in [2.05, 4.69) is 16.0 Å². The van der Waals surface area contributed by atoms with E-state index in [1.807, 2.05) is 44.2 Å². The highest BCUT2D eigenvalue weighted by atomic mass is 19.1. The van der Waals surface area contributed by atoms with Crippen molar-refractivity contribution in [1.29, 1.82) is 0 Å². The van der Waals surface area contributed by atoms with Crippen molar-refractivity contribution in [1.82, 2.24) is 20.1 Å². The number of carboxylic acids is 1. The number of hydrogen-bond donors (Lipinski definition) is 6. The summed E-state index contributed by atoms with van der Waals surface area (Å²) in [5, 5.41) is 17.9. The van der Waals surface area contributed by atoms with Crippen LogP contribution in [-0.4, -0.2) is 83.3 Å². The van der Waals surface area contributed by atoms with Gasteiger partial charge in [0.25, 0.3) is 0 Å². The van der Waals surface area contributed by atoms with Crippen LogP contribution in [0.4, 0.5) is 25.4 Å². The number of halogens is 1. The Bertz CT molecular complexity index is 2360. The van der Waals surface area contributed by atoms with Crippen LogP contribution in [0.3, 0.4) is 0 Å². The molecule has 0 aliphatic carbocycles. The van der Waals surface area contributed by atoms with Gasteiger partial charge in [-0.1, -0.05) is 56.3 Å². The summed E-state index contributed by atoms with van der Waals surface area (Å²) in [6.45, 7) is 7.63. The van der Waals surface area contributed by atoms with Gasteiger partial charge in [-0.3, -0.25) is 14.4 Å². The second kappa shape index (κ2) is 22.8. The zero-order valence-electron chi connectivity index (χ0n) is 36.3. The largest absolute Gasteiger partial charge is 0.477 e. The lowest BCUT2D eigenvalue weighted by atomic mass is 9.91. The molecule has 1 fully saturated rings. The monoisotopic (exact) mass is 884 g/mol. The molecule has 1 aromatic heterocycles. The summed E-state index contributed by atoms with van der Waals surface area (Å²) >= 11 is 0. The molecule has 64 heavy (non-hydrogen) atoms. The van der Waals surface area contributed by atoms with E-state index in [-0.39, 0.29) is 81.2 Å². The SMILES string of the molecule is CCn1cc(C(=O)O)c(=O)c2cc(F)c(N3CCN(C(=O)OCc4ccc(NC(=O)[C@H](CCCNC(N)=O)N/C=C(\N)[C@@H](CC(=O)OCc5ccccc5)CC(C)C)cc4)CC3)cc21. The summed E-state index contributed by atoms with van der Waals surface area (Å²) in [7, 11) is 0. The number of nitrogens with zero attached hydrogens (tertiary/aromatic N) is 3. The molecule has 0 saturated carbocycles. The third-order valence-electron chi connectivity index (χ3n) is 10.8. The molecular formula is C46H57FN8O9. The summed E-state index contributed by atoms with van der Waals surface area (Å²) in [6.07, 6.45) is 3.65. The molecule has 3 aromatic carbocycles. The molecule has 4 amide bonds. The molecule has 8 N–H and O–H groups in total. The number of rotatable bonds is 20. The number of primary amides is 1. The van der Waals surface area contributed by atoms with Crippen LogP contribution in [0.15, 0.2) is 89.6 Å². The molecule has 0 bridgehead atoms. The number of pyridine rings is 1. The van der Waals surface area contributed by atoms with Crippen molar-refractivity contribution in [2.24, 2.45) is 23.3 Å². The number of nitrogens with two attached hydrogens (primary N) is 2. The Morgan fingerprint density at radius 2 is 1.59 bits per heavy atom. The van der Waals surface area contributed by atoms with E-state index in [9.17, 15) is 33.9 Å². The van der Waals surface area contributed by atoms with Crippen molar-refractivity contribution in [2.45, 2.75) is 72.3 Å². The first-order chi connectivity index (χ1) is 30.6. The molecule has 18 heteroatoms. The molecule has 0 unspecified atom stereocenters. The van der Waals surface area contributed by atoms with Gasteiger partial charge in [0.1, 0.15) is 30.6 Å². The van der Waals surface area contributed by atoms with Crippen LogP contribution in [-0.2, 0) is 38.8 Å². The van der Waals surface area contributed by atoms with Crippen LogP contribution in [0, 0.1) is 17.7 Å². The highest BCUT2D eigenvalue weighted by molar-refractivity contribution is 5.95. The standard InChI is InChI=1S/C46H57FN8O9/c1-4-53-26-35(44(59)60)42(57)34-23-36(47)40(24-39(34)53)54-17-19-55(20-18-54)46(62)64-28-31-12-14-33(15-13-31)52-43(58)38(11-8-16-50-45(49)61)51-25-37(48)32(21-29(2)3)22-41(56)63-27-30-9-6-5-7-10-30/h5-7,9-10,12-15,23-26,29,32,38,51H,4,8,11,16-22,27-28,48H2,1-3H3,(H,52,58)(H,59,60)(H3,49,50,61)/b37-25-/t32-,38+/m1/s1. The van der Waals surface area contributed by atoms with Gasteiger partial charge in [-0.05, 0) is 67.5 Å². The minimum absolute atomic E-state index is 0.0225. The predicted octanol–water partition coefficient (Wildman–Crippen LogP) is 5.26. The van der Waals surface area contributed by atoms with Gasteiger partial charge in [0.05, 0.1) is 17.6 Å². The summed E-state index contributed by atoms with van der Waals surface area (Å²) < 4.78 is 28.0. The topological polar surface area (TPSA) is 241 Å². The van der Waals surface area contributed by atoms with Crippen molar-refractivity contribution in [2.75, 3.05) is 42.9 Å². The number of aryl methyl sites for hydroxylation is 1. The van der Waals surface area contributed by atoms with Crippen molar-refractivity contribution >= 4 is 52.2 Å². The fourth-order valence-corrected chi connectivity index (χ4v) is 7.36. The van der Waals surface area contributed by atoms with E-state index in [1.54, 1.807) is 46.9 Å². The predicted molar refractivity (Wildman–Crippen MR) is 240 cm³/mol. The maximum absolute atomic E-state index is 15.4. The number of aromatic nitrogens is 1. The van der Waals surface area contributed by atoms with E-state index < -0.39 is 46.9 Å². The van der Waals surface area contributed by atoms with Crippen LogP contribution >= 0.6 is 0 Å². The number of ether oxygens (including phenoxy) is 2. The average molecular weight is 885 g/mol. The minimum Gasteiger partial charge on any atom is -0.477 e.